The van der Waals surface area contributed by atoms with E-state index in [1.807, 2.05) is 0 Å². The molecule has 0 saturated heterocycles. The number of aryl methyl sites for hydroxylation is 2. The highest BCUT2D eigenvalue weighted by atomic mass is 16.5. The third-order valence-corrected chi connectivity index (χ3v) is 4.49. The molecule has 9 nitrogen and oxygen atoms in total. The number of hydrogen-bond donors (Lipinski definition) is 2. The molecule has 0 radical (unpaired) electrons. The van der Waals surface area contributed by atoms with Crippen molar-refractivity contribution in [1.29, 1.82) is 0 Å². The fourth-order valence-electron chi connectivity index (χ4n) is 3.15. The van der Waals surface area contributed by atoms with Crippen molar-refractivity contribution < 1.29 is 28.7 Å². The number of benzene rings is 1. The molecule has 0 aliphatic rings. The average Bonchev–Trinajstić information content (AvgIpc) is 3.06. The summed E-state index contributed by atoms with van der Waals surface area (Å²) in [4.78, 5) is 28.8. The summed E-state index contributed by atoms with van der Waals surface area (Å²) in [7, 11) is 2.98. The van der Waals surface area contributed by atoms with Crippen molar-refractivity contribution in [3.63, 3.8) is 0 Å². The zero-order valence-electron chi connectivity index (χ0n) is 16.5. The van der Waals surface area contributed by atoms with Gasteiger partial charge in [-0.25, -0.2) is 4.98 Å². The molecule has 1 unspecified atom stereocenters. The molecule has 29 heavy (non-hydrogen) atoms. The molecule has 2 N–H and O–H groups in total. The van der Waals surface area contributed by atoms with Gasteiger partial charge in [0.15, 0.2) is 0 Å². The van der Waals surface area contributed by atoms with E-state index >= 15 is 0 Å². The fraction of sp³-hybridized carbons (Fsp3) is 0.300. The Morgan fingerprint density at radius 3 is 2.62 bits per heavy atom. The highest BCUT2D eigenvalue weighted by molar-refractivity contribution is 6.06. The highest BCUT2D eigenvalue weighted by Gasteiger charge is 2.25. The predicted molar refractivity (Wildman–Crippen MR) is 103 cm³/mol. The fourth-order valence-corrected chi connectivity index (χ4v) is 3.15. The summed E-state index contributed by atoms with van der Waals surface area (Å²) in [5.41, 5.74) is 2.19. The summed E-state index contributed by atoms with van der Waals surface area (Å²) >= 11 is 0. The molecule has 2 heterocycles. The van der Waals surface area contributed by atoms with Gasteiger partial charge in [-0.15, -0.1) is 0 Å². The van der Waals surface area contributed by atoms with Gasteiger partial charge >= 0.3 is 5.97 Å². The van der Waals surface area contributed by atoms with E-state index in [0.29, 0.717) is 39.4 Å². The Bertz CT molecular complexity index is 1080. The number of carbonyl (C=O) groups is 2. The highest BCUT2D eigenvalue weighted by Crippen LogP contribution is 2.32. The van der Waals surface area contributed by atoms with Crippen LogP contribution in [0.2, 0.25) is 0 Å². The summed E-state index contributed by atoms with van der Waals surface area (Å²) in [5, 5.41) is 16.5. The van der Waals surface area contributed by atoms with Crippen molar-refractivity contribution in [3.8, 4) is 11.5 Å². The van der Waals surface area contributed by atoms with E-state index in [0.717, 1.165) is 0 Å². The van der Waals surface area contributed by atoms with E-state index in [1.54, 1.807) is 38.1 Å². The van der Waals surface area contributed by atoms with Crippen LogP contribution in [0.1, 0.15) is 39.8 Å². The number of amides is 1. The lowest BCUT2D eigenvalue weighted by atomic mass is 10.0. The first-order valence-corrected chi connectivity index (χ1v) is 8.82. The van der Waals surface area contributed by atoms with Crippen LogP contribution in [0.5, 0.6) is 11.5 Å². The van der Waals surface area contributed by atoms with Crippen LogP contribution in [0, 0.1) is 13.8 Å². The number of aliphatic carboxylic acids is 1. The lowest BCUT2D eigenvalue weighted by Crippen LogP contribution is -2.30. The molecule has 0 aliphatic carbocycles. The number of pyridine rings is 1. The Morgan fingerprint density at radius 1 is 1.21 bits per heavy atom. The molecule has 152 valence electrons. The van der Waals surface area contributed by atoms with Gasteiger partial charge in [-0.1, -0.05) is 5.16 Å². The summed E-state index contributed by atoms with van der Waals surface area (Å²) in [6.07, 6.45) is -0.329. The quantitative estimate of drug-likeness (QED) is 0.621. The molecular formula is C20H21N3O6. The number of hydrogen-bond acceptors (Lipinski definition) is 7. The van der Waals surface area contributed by atoms with Crippen LogP contribution in [0.25, 0.3) is 11.1 Å². The summed E-state index contributed by atoms with van der Waals surface area (Å²) < 4.78 is 15.7. The molecule has 0 fully saturated rings. The number of carbonyl (C=O) groups excluding carboxylic acids is 1. The predicted octanol–water partition coefficient (Wildman–Crippen LogP) is 2.80. The molecule has 0 aliphatic heterocycles. The van der Waals surface area contributed by atoms with E-state index in [1.165, 1.54) is 14.2 Å². The Kier molecular flexibility index (Phi) is 5.67. The van der Waals surface area contributed by atoms with E-state index in [2.05, 4.69) is 15.5 Å². The molecular weight excluding hydrogens is 378 g/mol. The minimum absolute atomic E-state index is 0.254. The maximum Gasteiger partial charge on any atom is 0.305 e. The number of ether oxygens (including phenoxy) is 2. The van der Waals surface area contributed by atoms with Gasteiger partial charge in [0.25, 0.3) is 11.6 Å². The second-order valence-electron chi connectivity index (χ2n) is 6.49. The number of carboxylic acids is 1. The van der Waals surface area contributed by atoms with Crippen LogP contribution in [0.15, 0.2) is 28.8 Å². The van der Waals surface area contributed by atoms with E-state index in [-0.39, 0.29) is 12.1 Å². The maximum atomic E-state index is 13.1. The van der Waals surface area contributed by atoms with Crippen LogP contribution < -0.4 is 14.8 Å². The molecule has 3 aromatic rings. The monoisotopic (exact) mass is 399 g/mol. The molecule has 0 saturated carbocycles. The molecule has 1 aromatic carbocycles. The van der Waals surface area contributed by atoms with Gasteiger partial charge in [-0.2, -0.15) is 0 Å². The maximum absolute atomic E-state index is 13.1. The first-order valence-electron chi connectivity index (χ1n) is 8.82. The third kappa shape index (κ3) is 4.13. The number of methoxy groups -OCH3 is 2. The number of rotatable bonds is 7. The van der Waals surface area contributed by atoms with Crippen LogP contribution in [0.4, 0.5) is 0 Å². The average molecular weight is 399 g/mol. The van der Waals surface area contributed by atoms with Gasteiger partial charge in [0.1, 0.15) is 11.5 Å². The largest absolute Gasteiger partial charge is 0.497 e. The normalized spacial score (nSPS) is 11.9. The Morgan fingerprint density at radius 2 is 1.97 bits per heavy atom. The minimum Gasteiger partial charge on any atom is -0.497 e. The lowest BCUT2D eigenvalue weighted by Gasteiger charge is -2.21. The topological polar surface area (TPSA) is 124 Å². The number of fused-ring (bicyclic) bond motifs is 1. The summed E-state index contributed by atoms with van der Waals surface area (Å²) in [5.74, 6) is -0.563. The molecule has 3 rings (SSSR count). The first-order chi connectivity index (χ1) is 13.8. The smallest absolute Gasteiger partial charge is 0.305 e. The van der Waals surface area contributed by atoms with E-state index in [4.69, 9.17) is 14.0 Å². The molecule has 1 atom stereocenters. The van der Waals surface area contributed by atoms with Gasteiger partial charge in [0, 0.05) is 17.3 Å². The summed E-state index contributed by atoms with van der Waals surface area (Å²) in [6.45, 7) is 3.44. The standard InChI is InChI=1S/C20H21N3O6/c1-10-7-14(18-11(2)23-29-20(18)21-10)19(26)22-15(9-17(24)25)13-6-5-12(27-3)8-16(13)28-4/h5-8,15H,9H2,1-4H3,(H,22,26)(H,24,25). The van der Waals surface area contributed by atoms with Crippen molar-refractivity contribution in [3.05, 3.63) is 46.8 Å². The number of carboxylic acid groups (broad SMARTS) is 1. The van der Waals surface area contributed by atoms with E-state index in [9.17, 15) is 14.7 Å². The number of nitrogens with zero attached hydrogens (tertiary/aromatic N) is 2. The van der Waals surface area contributed by atoms with Crippen molar-refractivity contribution in [2.75, 3.05) is 14.2 Å². The Labute approximate surface area is 166 Å². The van der Waals surface area contributed by atoms with Crippen LogP contribution in [0.3, 0.4) is 0 Å². The van der Waals surface area contributed by atoms with Crippen molar-refractivity contribution in [2.24, 2.45) is 0 Å². The zero-order chi connectivity index (χ0) is 21.1. The van der Waals surface area contributed by atoms with Gasteiger partial charge in [0.05, 0.1) is 43.3 Å². The van der Waals surface area contributed by atoms with Gasteiger partial charge in [-0.3, -0.25) is 9.59 Å². The Hall–Kier alpha value is -3.62. The summed E-state index contributed by atoms with van der Waals surface area (Å²) in [6, 6.07) is 5.77. The van der Waals surface area contributed by atoms with Crippen LogP contribution in [-0.2, 0) is 4.79 Å². The molecule has 1 amide bonds. The van der Waals surface area contributed by atoms with Crippen LogP contribution >= 0.6 is 0 Å². The van der Waals surface area contributed by atoms with Gasteiger partial charge in [0.2, 0.25) is 0 Å². The molecule has 0 spiro atoms. The van der Waals surface area contributed by atoms with Crippen molar-refractivity contribution in [2.45, 2.75) is 26.3 Å². The van der Waals surface area contributed by atoms with Gasteiger partial charge < -0.3 is 24.4 Å². The second-order valence-corrected chi connectivity index (χ2v) is 6.49. The van der Waals surface area contributed by atoms with Gasteiger partial charge in [-0.05, 0) is 32.0 Å². The molecule has 9 heteroatoms. The SMILES string of the molecule is COc1ccc(C(CC(=O)O)NC(=O)c2cc(C)nc3onc(C)c23)c(OC)c1. The van der Waals surface area contributed by atoms with Crippen LogP contribution in [-0.4, -0.2) is 41.3 Å². The van der Waals surface area contributed by atoms with Crippen molar-refractivity contribution in [1.82, 2.24) is 15.5 Å². The van der Waals surface area contributed by atoms with Crippen molar-refractivity contribution >= 4 is 23.0 Å². The third-order valence-electron chi connectivity index (χ3n) is 4.49. The first kappa shape index (κ1) is 20.1. The van der Waals surface area contributed by atoms with E-state index < -0.39 is 17.9 Å². The Balaban J connectivity index is 2.01. The molecule has 0 bridgehead atoms. The number of aromatic nitrogens is 2. The second kappa shape index (κ2) is 8.17. The zero-order valence-corrected chi connectivity index (χ0v) is 16.5. The lowest BCUT2D eigenvalue weighted by molar-refractivity contribution is -0.137. The molecule has 2 aromatic heterocycles. The minimum atomic E-state index is -1.06. The number of nitrogens with one attached hydrogen (secondary N) is 1.